The van der Waals surface area contributed by atoms with Crippen LogP contribution in [-0.2, 0) is 4.79 Å². The van der Waals surface area contributed by atoms with Gasteiger partial charge >= 0.3 is 0 Å². The van der Waals surface area contributed by atoms with E-state index in [1.165, 1.54) is 11.3 Å². The van der Waals surface area contributed by atoms with Gasteiger partial charge in [0.15, 0.2) is 11.5 Å². The predicted octanol–water partition coefficient (Wildman–Crippen LogP) is 5.06. The zero-order valence-electron chi connectivity index (χ0n) is 17.9. The molecule has 0 saturated heterocycles. The topological polar surface area (TPSA) is 89.5 Å². The van der Waals surface area contributed by atoms with Crippen molar-refractivity contribution in [2.24, 2.45) is 5.92 Å². The molecule has 0 atom stereocenters. The van der Waals surface area contributed by atoms with Crippen LogP contribution >= 0.6 is 11.3 Å². The lowest BCUT2D eigenvalue weighted by atomic mass is 10.1. The van der Waals surface area contributed by atoms with Crippen molar-refractivity contribution in [3.05, 3.63) is 53.5 Å². The van der Waals surface area contributed by atoms with Crippen LogP contribution in [-0.4, -0.2) is 31.0 Å². The van der Waals surface area contributed by atoms with Crippen LogP contribution in [0.2, 0.25) is 0 Å². The second-order valence-electron chi connectivity index (χ2n) is 7.29. The van der Waals surface area contributed by atoms with Gasteiger partial charge in [0.2, 0.25) is 5.91 Å². The first kappa shape index (κ1) is 22.3. The lowest BCUT2D eigenvalue weighted by molar-refractivity contribution is -0.116. The molecule has 0 unspecified atom stereocenters. The van der Waals surface area contributed by atoms with Crippen LogP contribution < -0.4 is 20.1 Å². The van der Waals surface area contributed by atoms with Gasteiger partial charge in [-0.1, -0.05) is 13.8 Å². The Morgan fingerprint density at radius 2 is 1.61 bits per heavy atom. The fraction of sp³-hybridized carbons (Fsp3) is 0.261. The fourth-order valence-electron chi connectivity index (χ4n) is 2.89. The summed E-state index contributed by atoms with van der Waals surface area (Å²) in [6.45, 7) is 3.99. The first-order valence-electron chi connectivity index (χ1n) is 9.78. The summed E-state index contributed by atoms with van der Waals surface area (Å²) >= 11 is 1.37. The van der Waals surface area contributed by atoms with Crippen LogP contribution in [0.25, 0.3) is 10.6 Å². The summed E-state index contributed by atoms with van der Waals surface area (Å²) in [5.41, 5.74) is 2.47. The number of hydrogen-bond acceptors (Lipinski definition) is 6. The Bertz CT molecular complexity index is 1060. The summed E-state index contributed by atoms with van der Waals surface area (Å²) in [6.07, 6.45) is 0.463. The van der Waals surface area contributed by atoms with Crippen LogP contribution in [0.3, 0.4) is 0 Å². The predicted molar refractivity (Wildman–Crippen MR) is 123 cm³/mol. The van der Waals surface area contributed by atoms with E-state index in [2.05, 4.69) is 15.6 Å². The van der Waals surface area contributed by atoms with Crippen LogP contribution in [0.4, 0.5) is 11.4 Å². The normalized spacial score (nSPS) is 10.6. The van der Waals surface area contributed by atoms with Gasteiger partial charge in [0.05, 0.1) is 14.2 Å². The van der Waals surface area contributed by atoms with Crippen molar-refractivity contribution in [2.45, 2.75) is 20.3 Å². The summed E-state index contributed by atoms with van der Waals surface area (Å²) in [4.78, 5) is 28.9. The maximum absolute atomic E-state index is 12.6. The monoisotopic (exact) mass is 439 g/mol. The van der Waals surface area contributed by atoms with Crippen molar-refractivity contribution in [3.63, 3.8) is 0 Å². The van der Waals surface area contributed by atoms with Gasteiger partial charge in [-0.2, -0.15) is 0 Å². The highest BCUT2D eigenvalue weighted by molar-refractivity contribution is 7.13. The Labute approximate surface area is 185 Å². The molecule has 2 N–H and O–H groups in total. The quantitative estimate of drug-likeness (QED) is 0.512. The van der Waals surface area contributed by atoms with E-state index < -0.39 is 0 Å². The third-order valence-corrected chi connectivity index (χ3v) is 5.28. The molecular formula is C23H25N3O4S. The van der Waals surface area contributed by atoms with E-state index in [-0.39, 0.29) is 11.8 Å². The lowest BCUT2D eigenvalue weighted by Gasteiger charge is -2.09. The Morgan fingerprint density at radius 3 is 2.23 bits per heavy atom. The minimum absolute atomic E-state index is 0.0306. The van der Waals surface area contributed by atoms with Crippen molar-refractivity contribution < 1.29 is 19.1 Å². The van der Waals surface area contributed by atoms with Crippen LogP contribution in [0.1, 0.15) is 30.8 Å². The van der Waals surface area contributed by atoms with Crippen LogP contribution in [0.15, 0.2) is 47.8 Å². The molecule has 0 aliphatic rings. The molecule has 0 aliphatic carbocycles. The smallest absolute Gasteiger partial charge is 0.275 e. The summed E-state index contributed by atoms with van der Waals surface area (Å²) in [5.74, 6) is 1.18. The first-order valence-corrected chi connectivity index (χ1v) is 10.7. The standard InChI is InChI=1S/C23H25N3O4S/c1-14(2)11-21(27)24-16-6-8-17(9-7-16)25-22(28)18-13-31-23(26-18)15-5-10-19(29-3)20(12-15)30-4/h5-10,12-14H,11H2,1-4H3,(H,24,27)(H,25,28). The average Bonchev–Trinajstić information content (AvgIpc) is 3.24. The van der Waals surface area contributed by atoms with Crippen molar-refractivity contribution in [1.29, 1.82) is 0 Å². The number of thiazole rings is 1. The van der Waals surface area contributed by atoms with Gasteiger partial charge in [0.25, 0.3) is 5.91 Å². The number of aromatic nitrogens is 1. The molecule has 1 heterocycles. The molecular weight excluding hydrogens is 414 g/mol. The Balaban J connectivity index is 1.65. The van der Waals surface area contributed by atoms with Crippen LogP contribution in [0.5, 0.6) is 11.5 Å². The maximum atomic E-state index is 12.6. The van der Waals surface area contributed by atoms with E-state index >= 15 is 0 Å². The highest BCUT2D eigenvalue weighted by atomic mass is 32.1. The Kier molecular flexibility index (Phi) is 7.25. The van der Waals surface area contributed by atoms with Gasteiger partial charge < -0.3 is 20.1 Å². The number of ether oxygens (including phenoxy) is 2. The largest absolute Gasteiger partial charge is 0.493 e. The SMILES string of the molecule is COc1ccc(-c2nc(C(=O)Nc3ccc(NC(=O)CC(C)C)cc3)cs2)cc1OC. The summed E-state index contributed by atoms with van der Waals surface area (Å²) in [7, 11) is 3.15. The molecule has 3 aromatic rings. The molecule has 0 fully saturated rings. The molecule has 31 heavy (non-hydrogen) atoms. The minimum Gasteiger partial charge on any atom is -0.493 e. The van der Waals surface area contributed by atoms with Gasteiger partial charge in [0.1, 0.15) is 10.7 Å². The molecule has 0 radical (unpaired) electrons. The Morgan fingerprint density at radius 1 is 0.968 bits per heavy atom. The molecule has 0 bridgehead atoms. The van der Waals surface area contributed by atoms with Crippen LogP contribution in [0, 0.1) is 5.92 Å². The van der Waals surface area contributed by atoms with Gasteiger partial charge in [-0.25, -0.2) is 4.98 Å². The van der Waals surface area contributed by atoms with Gasteiger partial charge in [-0.15, -0.1) is 11.3 Å². The lowest BCUT2D eigenvalue weighted by Crippen LogP contribution is -2.14. The third kappa shape index (κ3) is 5.82. The number of rotatable bonds is 8. The number of benzene rings is 2. The van der Waals surface area contributed by atoms with Crippen molar-refractivity contribution in [3.8, 4) is 22.1 Å². The van der Waals surface area contributed by atoms with E-state index in [0.29, 0.717) is 45.9 Å². The number of carbonyl (C=O) groups excluding carboxylic acids is 2. The molecule has 0 aliphatic heterocycles. The number of carbonyl (C=O) groups is 2. The van der Waals surface area contributed by atoms with E-state index in [4.69, 9.17) is 9.47 Å². The zero-order chi connectivity index (χ0) is 22.4. The number of anilines is 2. The second-order valence-corrected chi connectivity index (χ2v) is 8.14. The third-order valence-electron chi connectivity index (χ3n) is 4.39. The van der Waals surface area contributed by atoms with E-state index in [9.17, 15) is 9.59 Å². The maximum Gasteiger partial charge on any atom is 0.275 e. The highest BCUT2D eigenvalue weighted by Gasteiger charge is 2.14. The zero-order valence-corrected chi connectivity index (χ0v) is 18.7. The molecule has 0 saturated carbocycles. The summed E-state index contributed by atoms with van der Waals surface area (Å²) in [6, 6.07) is 12.5. The molecule has 7 nitrogen and oxygen atoms in total. The number of methoxy groups -OCH3 is 2. The van der Waals surface area contributed by atoms with Gasteiger partial charge in [-0.05, 0) is 48.4 Å². The van der Waals surface area contributed by atoms with E-state index in [0.717, 1.165) is 5.56 Å². The van der Waals surface area contributed by atoms with Gasteiger partial charge in [0, 0.05) is 28.7 Å². The van der Waals surface area contributed by atoms with E-state index in [1.54, 1.807) is 49.9 Å². The van der Waals surface area contributed by atoms with Crippen molar-refractivity contribution in [1.82, 2.24) is 4.98 Å². The van der Waals surface area contributed by atoms with Gasteiger partial charge in [-0.3, -0.25) is 9.59 Å². The highest BCUT2D eigenvalue weighted by Crippen LogP contribution is 2.33. The van der Waals surface area contributed by atoms with Crippen molar-refractivity contribution in [2.75, 3.05) is 24.9 Å². The molecule has 3 rings (SSSR count). The minimum atomic E-state index is -0.306. The number of nitrogens with one attached hydrogen (secondary N) is 2. The number of hydrogen-bond donors (Lipinski definition) is 2. The second kappa shape index (κ2) is 10.1. The molecule has 8 heteroatoms. The van der Waals surface area contributed by atoms with E-state index in [1.807, 2.05) is 26.0 Å². The molecule has 162 valence electrons. The molecule has 1 aromatic heterocycles. The molecule has 2 aromatic carbocycles. The molecule has 0 spiro atoms. The Hall–Kier alpha value is -3.39. The van der Waals surface area contributed by atoms with Crippen molar-refractivity contribution >= 4 is 34.5 Å². The summed E-state index contributed by atoms with van der Waals surface area (Å²) < 4.78 is 10.6. The number of amides is 2. The number of nitrogens with zero attached hydrogens (tertiary/aromatic N) is 1. The molecule has 2 amide bonds. The average molecular weight is 440 g/mol. The summed E-state index contributed by atoms with van der Waals surface area (Å²) in [5, 5.41) is 8.08. The fourth-order valence-corrected chi connectivity index (χ4v) is 3.69. The first-order chi connectivity index (χ1) is 14.9.